The maximum Gasteiger partial charge on any atom is 0.0845 e. The van der Waals surface area contributed by atoms with Gasteiger partial charge >= 0.3 is 0 Å². The van der Waals surface area contributed by atoms with Gasteiger partial charge in [0.15, 0.2) is 0 Å². The average Bonchev–Trinajstić information content (AvgIpc) is 2.83. The molecule has 0 aliphatic carbocycles. The molecule has 0 amide bonds. The molecule has 3 heteroatoms. The third kappa shape index (κ3) is 3.80. The number of nitrogens with one attached hydrogen (secondary N) is 1. The summed E-state index contributed by atoms with van der Waals surface area (Å²) in [4.78, 5) is 0. The Morgan fingerprint density at radius 3 is 2.65 bits per heavy atom. The molecule has 0 saturated carbocycles. The van der Waals surface area contributed by atoms with Gasteiger partial charge in [-0.3, -0.25) is 0 Å². The van der Waals surface area contributed by atoms with Gasteiger partial charge in [0.05, 0.1) is 11.6 Å². The Balaban J connectivity index is 2.87. The van der Waals surface area contributed by atoms with Crippen molar-refractivity contribution in [2.75, 3.05) is 13.2 Å². The predicted octanol–water partition coefficient (Wildman–Crippen LogP) is 3.99. The minimum Gasteiger partial charge on any atom is -0.374 e. The Morgan fingerprint density at radius 1 is 1.41 bits per heavy atom. The Kier molecular flexibility index (Phi) is 6.17. The van der Waals surface area contributed by atoms with E-state index in [2.05, 4.69) is 49.8 Å². The summed E-state index contributed by atoms with van der Waals surface area (Å²) in [5.74, 6) is 0. The molecule has 0 bridgehead atoms. The van der Waals surface area contributed by atoms with Crippen LogP contribution in [0.2, 0.25) is 0 Å². The van der Waals surface area contributed by atoms with Crippen molar-refractivity contribution in [3.05, 3.63) is 22.4 Å². The van der Waals surface area contributed by atoms with E-state index < -0.39 is 0 Å². The zero-order chi connectivity index (χ0) is 12.7. The number of rotatable bonds is 8. The van der Waals surface area contributed by atoms with Crippen LogP contribution < -0.4 is 5.32 Å². The van der Waals surface area contributed by atoms with Crippen LogP contribution >= 0.6 is 11.3 Å². The molecule has 17 heavy (non-hydrogen) atoms. The van der Waals surface area contributed by atoms with E-state index in [1.54, 1.807) is 11.3 Å². The lowest BCUT2D eigenvalue weighted by atomic mass is 9.89. The molecule has 2 nitrogen and oxygen atoms in total. The van der Waals surface area contributed by atoms with Crippen LogP contribution in [0.25, 0.3) is 0 Å². The highest BCUT2D eigenvalue weighted by molar-refractivity contribution is 7.07. The number of ether oxygens (including phenoxy) is 1. The number of thiophene rings is 1. The van der Waals surface area contributed by atoms with Crippen LogP contribution in [-0.4, -0.2) is 18.8 Å². The second kappa shape index (κ2) is 7.14. The van der Waals surface area contributed by atoms with Crippen molar-refractivity contribution in [2.24, 2.45) is 0 Å². The van der Waals surface area contributed by atoms with E-state index in [-0.39, 0.29) is 5.60 Å². The van der Waals surface area contributed by atoms with Gasteiger partial charge in [0, 0.05) is 6.61 Å². The maximum absolute atomic E-state index is 6.00. The first-order valence-electron chi connectivity index (χ1n) is 6.57. The zero-order valence-corrected chi connectivity index (χ0v) is 12.3. The van der Waals surface area contributed by atoms with Crippen LogP contribution in [0.15, 0.2) is 16.8 Å². The van der Waals surface area contributed by atoms with E-state index in [0.29, 0.717) is 6.04 Å². The Labute approximate surface area is 109 Å². The fraction of sp³-hybridized carbons (Fsp3) is 0.714. The fourth-order valence-electron chi connectivity index (χ4n) is 2.13. The maximum atomic E-state index is 6.00. The first-order valence-corrected chi connectivity index (χ1v) is 7.51. The quantitative estimate of drug-likeness (QED) is 0.758. The molecule has 0 aromatic carbocycles. The highest BCUT2D eigenvalue weighted by atomic mass is 32.1. The highest BCUT2D eigenvalue weighted by Gasteiger charge is 2.34. The van der Waals surface area contributed by atoms with Crippen molar-refractivity contribution in [1.82, 2.24) is 5.32 Å². The van der Waals surface area contributed by atoms with Gasteiger partial charge < -0.3 is 10.1 Å². The first-order chi connectivity index (χ1) is 8.18. The van der Waals surface area contributed by atoms with Crippen molar-refractivity contribution < 1.29 is 4.74 Å². The van der Waals surface area contributed by atoms with Gasteiger partial charge in [-0.2, -0.15) is 11.3 Å². The molecule has 2 atom stereocenters. The van der Waals surface area contributed by atoms with Crippen LogP contribution in [0.5, 0.6) is 0 Å². The summed E-state index contributed by atoms with van der Waals surface area (Å²) < 4.78 is 6.00. The summed E-state index contributed by atoms with van der Waals surface area (Å²) >= 11 is 1.75. The van der Waals surface area contributed by atoms with Crippen LogP contribution in [-0.2, 0) is 4.74 Å². The molecule has 0 radical (unpaired) electrons. The third-order valence-electron chi connectivity index (χ3n) is 3.26. The SMILES string of the molecule is CCCNC(c1ccsc1)C(C)(CC)OCC. The van der Waals surface area contributed by atoms with E-state index in [4.69, 9.17) is 4.74 Å². The van der Waals surface area contributed by atoms with Crippen molar-refractivity contribution in [1.29, 1.82) is 0 Å². The van der Waals surface area contributed by atoms with E-state index >= 15 is 0 Å². The van der Waals surface area contributed by atoms with Gasteiger partial charge in [0.2, 0.25) is 0 Å². The number of hydrogen-bond acceptors (Lipinski definition) is 3. The first kappa shape index (κ1) is 14.7. The molecule has 0 aliphatic rings. The Hall–Kier alpha value is -0.380. The van der Waals surface area contributed by atoms with E-state index in [9.17, 15) is 0 Å². The van der Waals surface area contributed by atoms with Gasteiger partial charge in [-0.15, -0.1) is 0 Å². The monoisotopic (exact) mass is 255 g/mol. The van der Waals surface area contributed by atoms with Crippen LogP contribution in [0.1, 0.15) is 52.1 Å². The molecule has 0 spiro atoms. The Bertz CT molecular complexity index is 299. The molecule has 1 aromatic rings. The summed E-state index contributed by atoms with van der Waals surface area (Å²) in [5, 5.41) is 7.99. The second-order valence-corrected chi connectivity index (χ2v) is 5.32. The normalized spacial score (nSPS) is 16.7. The summed E-state index contributed by atoms with van der Waals surface area (Å²) in [6, 6.07) is 2.49. The van der Waals surface area contributed by atoms with Crippen LogP contribution in [0, 0.1) is 0 Å². The van der Waals surface area contributed by atoms with Gasteiger partial charge in [-0.25, -0.2) is 0 Å². The molecular formula is C14H25NOS. The summed E-state index contributed by atoms with van der Waals surface area (Å²) in [6.45, 7) is 10.5. The zero-order valence-electron chi connectivity index (χ0n) is 11.5. The number of hydrogen-bond donors (Lipinski definition) is 1. The lowest BCUT2D eigenvalue weighted by Crippen LogP contribution is -2.43. The minimum atomic E-state index is -0.120. The molecule has 98 valence electrons. The lowest BCUT2D eigenvalue weighted by Gasteiger charge is -2.37. The van der Waals surface area contributed by atoms with Gasteiger partial charge in [0.1, 0.15) is 0 Å². The minimum absolute atomic E-state index is 0.120. The van der Waals surface area contributed by atoms with Gasteiger partial charge in [-0.1, -0.05) is 13.8 Å². The average molecular weight is 255 g/mol. The van der Waals surface area contributed by atoms with Gasteiger partial charge in [0.25, 0.3) is 0 Å². The van der Waals surface area contributed by atoms with Crippen molar-refractivity contribution in [3.63, 3.8) is 0 Å². The Morgan fingerprint density at radius 2 is 2.18 bits per heavy atom. The molecule has 1 heterocycles. The van der Waals surface area contributed by atoms with E-state index in [1.165, 1.54) is 5.56 Å². The molecule has 1 rings (SSSR count). The van der Waals surface area contributed by atoms with E-state index in [1.807, 2.05) is 0 Å². The van der Waals surface area contributed by atoms with Gasteiger partial charge in [-0.05, 0) is 55.6 Å². The summed E-state index contributed by atoms with van der Waals surface area (Å²) in [7, 11) is 0. The lowest BCUT2D eigenvalue weighted by molar-refractivity contribution is -0.0561. The van der Waals surface area contributed by atoms with Crippen LogP contribution in [0.4, 0.5) is 0 Å². The molecule has 0 aliphatic heterocycles. The smallest absolute Gasteiger partial charge is 0.0845 e. The molecular weight excluding hydrogens is 230 g/mol. The van der Waals surface area contributed by atoms with Crippen molar-refractivity contribution >= 4 is 11.3 Å². The van der Waals surface area contributed by atoms with E-state index in [0.717, 1.165) is 26.0 Å². The molecule has 2 unspecified atom stereocenters. The third-order valence-corrected chi connectivity index (χ3v) is 3.96. The molecule has 0 fully saturated rings. The molecule has 0 saturated heterocycles. The fourth-order valence-corrected chi connectivity index (χ4v) is 2.82. The topological polar surface area (TPSA) is 21.3 Å². The van der Waals surface area contributed by atoms with Crippen LogP contribution in [0.3, 0.4) is 0 Å². The molecule has 1 N–H and O–H groups in total. The second-order valence-electron chi connectivity index (χ2n) is 4.54. The van der Waals surface area contributed by atoms with Crippen molar-refractivity contribution in [3.8, 4) is 0 Å². The summed E-state index contributed by atoms with van der Waals surface area (Å²) in [6.07, 6.45) is 2.16. The largest absolute Gasteiger partial charge is 0.374 e. The molecule has 1 aromatic heterocycles. The van der Waals surface area contributed by atoms with Crippen molar-refractivity contribution in [2.45, 2.75) is 52.2 Å². The summed E-state index contributed by atoms with van der Waals surface area (Å²) in [5.41, 5.74) is 1.23. The standard InChI is InChI=1S/C14H25NOS/c1-5-9-15-13(12-8-10-17-11-12)14(4,6-2)16-7-3/h8,10-11,13,15H,5-7,9H2,1-4H3. The predicted molar refractivity (Wildman–Crippen MR) is 75.7 cm³/mol. The highest BCUT2D eigenvalue weighted by Crippen LogP contribution is 2.33.